The fourth-order valence-electron chi connectivity index (χ4n) is 1.49. The van der Waals surface area contributed by atoms with Crippen LogP contribution in [0.4, 0.5) is 0 Å². The SMILES string of the molecule is Cc1ccc(C(=O)n2[nH]c(C)cc2=O)cc1. The Labute approximate surface area is 92.5 Å². The maximum atomic E-state index is 11.9. The van der Waals surface area contributed by atoms with E-state index in [1.807, 2.05) is 19.1 Å². The van der Waals surface area contributed by atoms with E-state index in [0.717, 1.165) is 10.2 Å². The zero-order valence-corrected chi connectivity index (χ0v) is 9.15. The van der Waals surface area contributed by atoms with Crippen molar-refractivity contribution in [3.05, 3.63) is 57.5 Å². The minimum absolute atomic E-state index is 0.330. The summed E-state index contributed by atoms with van der Waals surface area (Å²) in [5, 5.41) is 2.71. The van der Waals surface area contributed by atoms with E-state index < -0.39 is 0 Å². The number of hydrogen-bond donors (Lipinski definition) is 1. The van der Waals surface area contributed by atoms with Crippen LogP contribution in [-0.2, 0) is 0 Å². The van der Waals surface area contributed by atoms with Gasteiger partial charge < -0.3 is 0 Å². The van der Waals surface area contributed by atoms with Gasteiger partial charge in [0.05, 0.1) is 0 Å². The zero-order chi connectivity index (χ0) is 11.7. The number of nitrogens with one attached hydrogen (secondary N) is 1. The minimum Gasteiger partial charge on any atom is -0.293 e. The average Bonchev–Trinajstić information content (AvgIpc) is 2.58. The molecule has 1 aromatic heterocycles. The van der Waals surface area contributed by atoms with E-state index in [1.165, 1.54) is 6.07 Å². The van der Waals surface area contributed by atoms with E-state index in [9.17, 15) is 9.59 Å². The van der Waals surface area contributed by atoms with Crippen LogP contribution in [0.3, 0.4) is 0 Å². The van der Waals surface area contributed by atoms with Gasteiger partial charge in [-0.25, -0.2) is 0 Å². The summed E-state index contributed by atoms with van der Waals surface area (Å²) in [7, 11) is 0. The van der Waals surface area contributed by atoms with Crippen molar-refractivity contribution >= 4 is 5.91 Å². The Hall–Kier alpha value is -2.10. The summed E-state index contributed by atoms with van der Waals surface area (Å²) in [6.45, 7) is 3.68. The van der Waals surface area contributed by atoms with Gasteiger partial charge in [-0.15, -0.1) is 0 Å². The number of H-pyrrole nitrogens is 1. The van der Waals surface area contributed by atoms with Gasteiger partial charge in [-0.05, 0) is 26.0 Å². The predicted octanol–water partition coefficient (Wildman–Crippen LogP) is 1.48. The van der Waals surface area contributed by atoms with Crippen molar-refractivity contribution in [3.8, 4) is 0 Å². The summed E-state index contributed by atoms with van der Waals surface area (Å²) in [6.07, 6.45) is 0. The number of hydrogen-bond acceptors (Lipinski definition) is 2. The van der Waals surface area contributed by atoms with Crippen molar-refractivity contribution in [1.82, 2.24) is 9.78 Å². The Kier molecular flexibility index (Phi) is 2.48. The number of aryl methyl sites for hydroxylation is 2. The Morgan fingerprint density at radius 2 is 1.81 bits per heavy atom. The van der Waals surface area contributed by atoms with Crippen LogP contribution in [-0.4, -0.2) is 15.7 Å². The normalized spacial score (nSPS) is 10.4. The molecule has 0 unspecified atom stereocenters. The van der Waals surface area contributed by atoms with Crippen LogP contribution < -0.4 is 5.56 Å². The number of nitrogens with zero attached hydrogens (tertiary/aromatic N) is 1. The fraction of sp³-hybridized carbons (Fsp3) is 0.167. The number of rotatable bonds is 1. The molecule has 0 amide bonds. The fourth-order valence-corrected chi connectivity index (χ4v) is 1.49. The molecule has 1 aromatic carbocycles. The molecule has 1 N–H and O–H groups in total. The van der Waals surface area contributed by atoms with Gasteiger partial charge in [-0.2, -0.15) is 4.68 Å². The molecule has 0 spiro atoms. The van der Waals surface area contributed by atoms with E-state index in [4.69, 9.17) is 0 Å². The van der Waals surface area contributed by atoms with Gasteiger partial charge in [0.2, 0.25) is 0 Å². The molecule has 2 aromatic rings. The van der Waals surface area contributed by atoms with E-state index in [1.54, 1.807) is 19.1 Å². The lowest BCUT2D eigenvalue weighted by atomic mass is 10.1. The molecular weight excluding hydrogens is 204 g/mol. The highest BCUT2D eigenvalue weighted by Crippen LogP contribution is 2.04. The second-order valence-electron chi connectivity index (χ2n) is 3.78. The van der Waals surface area contributed by atoms with Gasteiger partial charge in [-0.3, -0.25) is 14.7 Å². The monoisotopic (exact) mass is 216 g/mol. The van der Waals surface area contributed by atoms with Gasteiger partial charge in [0.1, 0.15) is 0 Å². The zero-order valence-electron chi connectivity index (χ0n) is 9.15. The highest BCUT2D eigenvalue weighted by Gasteiger charge is 2.11. The van der Waals surface area contributed by atoms with Crippen LogP contribution in [0.5, 0.6) is 0 Å². The second kappa shape index (κ2) is 3.81. The van der Waals surface area contributed by atoms with Crippen LogP contribution in [0.15, 0.2) is 35.1 Å². The maximum Gasteiger partial charge on any atom is 0.279 e. The Balaban J connectivity index is 2.43. The van der Waals surface area contributed by atoms with Crippen molar-refractivity contribution in [1.29, 1.82) is 0 Å². The average molecular weight is 216 g/mol. The first kappa shape index (κ1) is 10.4. The first-order chi connectivity index (χ1) is 7.58. The summed E-state index contributed by atoms with van der Waals surface area (Å²) >= 11 is 0. The first-order valence-electron chi connectivity index (χ1n) is 4.98. The molecule has 0 saturated carbocycles. The molecule has 82 valence electrons. The number of aromatic amines is 1. The van der Waals surface area contributed by atoms with E-state index in [0.29, 0.717) is 11.3 Å². The molecule has 2 rings (SSSR count). The third-order valence-electron chi connectivity index (χ3n) is 2.35. The third-order valence-corrected chi connectivity index (χ3v) is 2.35. The largest absolute Gasteiger partial charge is 0.293 e. The van der Waals surface area contributed by atoms with E-state index in [-0.39, 0.29) is 11.5 Å². The van der Waals surface area contributed by atoms with Gasteiger partial charge in [0.15, 0.2) is 0 Å². The molecule has 4 nitrogen and oxygen atoms in total. The smallest absolute Gasteiger partial charge is 0.279 e. The molecule has 0 aliphatic carbocycles. The predicted molar refractivity (Wildman–Crippen MR) is 60.7 cm³/mol. The molecule has 0 aliphatic rings. The second-order valence-corrected chi connectivity index (χ2v) is 3.78. The Morgan fingerprint density at radius 3 is 2.31 bits per heavy atom. The van der Waals surface area contributed by atoms with Crippen LogP contribution >= 0.6 is 0 Å². The summed E-state index contributed by atoms with van der Waals surface area (Å²) in [6, 6.07) is 8.49. The molecule has 1 heterocycles. The number of aromatic nitrogens is 2. The number of carbonyl (C=O) groups is 1. The quantitative estimate of drug-likeness (QED) is 0.785. The lowest BCUT2D eigenvalue weighted by Gasteiger charge is -2.01. The van der Waals surface area contributed by atoms with Crippen molar-refractivity contribution in [2.24, 2.45) is 0 Å². The van der Waals surface area contributed by atoms with Gasteiger partial charge in [0, 0.05) is 17.3 Å². The van der Waals surface area contributed by atoms with E-state index in [2.05, 4.69) is 5.10 Å². The molecule has 0 radical (unpaired) electrons. The standard InChI is InChI=1S/C12H12N2O2/c1-8-3-5-10(6-4-8)12(16)14-11(15)7-9(2)13-14/h3-7,13H,1-2H3. The van der Waals surface area contributed by atoms with Gasteiger partial charge in [0.25, 0.3) is 11.5 Å². The van der Waals surface area contributed by atoms with Crippen molar-refractivity contribution in [3.63, 3.8) is 0 Å². The highest BCUT2D eigenvalue weighted by atomic mass is 16.2. The molecule has 0 bridgehead atoms. The first-order valence-corrected chi connectivity index (χ1v) is 4.98. The van der Waals surface area contributed by atoms with Crippen LogP contribution in [0.1, 0.15) is 21.6 Å². The molecule has 4 heteroatoms. The molecule has 0 atom stereocenters. The Bertz CT molecular complexity index is 576. The van der Waals surface area contributed by atoms with Crippen LogP contribution in [0.2, 0.25) is 0 Å². The lowest BCUT2D eigenvalue weighted by Crippen LogP contribution is -2.24. The minimum atomic E-state index is -0.335. The third kappa shape index (κ3) is 1.82. The molecule has 0 saturated heterocycles. The van der Waals surface area contributed by atoms with E-state index >= 15 is 0 Å². The summed E-state index contributed by atoms with van der Waals surface area (Å²) in [4.78, 5) is 23.4. The highest BCUT2D eigenvalue weighted by molar-refractivity contribution is 5.95. The van der Waals surface area contributed by atoms with Crippen molar-refractivity contribution in [2.45, 2.75) is 13.8 Å². The summed E-state index contributed by atoms with van der Waals surface area (Å²) < 4.78 is 1.01. The summed E-state index contributed by atoms with van der Waals surface area (Å²) in [5.74, 6) is -0.335. The van der Waals surface area contributed by atoms with Crippen LogP contribution in [0, 0.1) is 13.8 Å². The van der Waals surface area contributed by atoms with Crippen LogP contribution in [0.25, 0.3) is 0 Å². The topological polar surface area (TPSA) is 54.9 Å². The lowest BCUT2D eigenvalue weighted by molar-refractivity contribution is 0.0941. The molecule has 16 heavy (non-hydrogen) atoms. The molecular formula is C12H12N2O2. The molecule has 0 fully saturated rings. The van der Waals surface area contributed by atoms with Gasteiger partial charge in [-0.1, -0.05) is 17.7 Å². The number of carbonyl (C=O) groups excluding carboxylic acids is 1. The maximum absolute atomic E-state index is 11.9. The number of benzene rings is 1. The van der Waals surface area contributed by atoms with Crippen molar-refractivity contribution < 1.29 is 4.79 Å². The van der Waals surface area contributed by atoms with Crippen molar-refractivity contribution in [2.75, 3.05) is 0 Å². The molecule has 0 aliphatic heterocycles. The summed E-state index contributed by atoms with van der Waals surface area (Å²) in [5.41, 5.74) is 1.91. The Morgan fingerprint density at radius 1 is 1.19 bits per heavy atom. The van der Waals surface area contributed by atoms with Gasteiger partial charge >= 0.3 is 0 Å².